The molecular formula is C18H16ClN5O4. The van der Waals surface area contributed by atoms with Gasteiger partial charge in [0.05, 0.1) is 29.8 Å². The summed E-state index contributed by atoms with van der Waals surface area (Å²) in [5.41, 5.74) is 1.02. The molecule has 0 fully saturated rings. The molecule has 0 N–H and O–H groups in total. The molecule has 0 amide bonds. The zero-order valence-electron chi connectivity index (χ0n) is 15.1. The molecule has 3 aromatic rings. The van der Waals surface area contributed by atoms with E-state index in [1.807, 2.05) is 6.07 Å². The topological polar surface area (TPSA) is 105 Å². The number of hydrogen-bond acceptors (Lipinski definition) is 6. The maximum absolute atomic E-state index is 12.3. The predicted octanol–water partition coefficient (Wildman–Crippen LogP) is 3.13. The standard InChI is InChI=1S/C18H16ClN5O4/c1-22-11-15(24(26)27)18(21-22)16(25)5-3-12-4-6-17(28-2)13(7-12)9-23-10-14(19)8-20-23/h3-8,10-11H,9H2,1-2H3/b5-3+. The Kier molecular flexibility index (Phi) is 5.55. The van der Waals surface area contributed by atoms with E-state index < -0.39 is 10.7 Å². The lowest BCUT2D eigenvalue weighted by Crippen LogP contribution is -2.03. The number of aromatic nitrogens is 4. The van der Waals surface area contributed by atoms with Crippen molar-refractivity contribution in [1.29, 1.82) is 0 Å². The van der Waals surface area contributed by atoms with Crippen LogP contribution in [-0.2, 0) is 13.6 Å². The number of nitro groups is 1. The second-order valence-electron chi connectivity index (χ2n) is 5.92. The first kappa shape index (κ1) is 19.3. The third-order valence-corrected chi connectivity index (χ3v) is 4.10. The number of ketones is 1. The molecule has 0 atom stereocenters. The molecule has 2 aromatic heterocycles. The number of rotatable bonds is 7. The Hall–Kier alpha value is -3.46. The van der Waals surface area contributed by atoms with Gasteiger partial charge in [0.15, 0.2) is 0 Å². The Balaban J connectivity index is 1.85. The minimum absolute atomic E-state index is 0.205. The highest BCUT2D eigenvalue weighted by molar-refractivity contribution is 6.30. The fraction of sp³-hybridized carbons (Fsp3) is 0.167. The molecule has 1 aromatic carbocycles. The highest BCUT2D eigenvalue weighted by Gasteiger charge is 2.23. The van der Waals surface area contributed by atoms with E-state index >= 15 is 0 Å². The average Bonchev–Trinajstić information content (AvgIpc) is 3.25. The van der Waals surface area contributed by atoms with Gasteiger partial charge in [-0.05, 0) is 23.8 Å². The molecule has 3 rings (SSSR count). The van der Waals surface area contributed by atoms with Crippen molar-refractivity contribution in [1.82, 2.24) is 19.6 Å². The third-order valence-electron chi connectivity index (χ3n) is 3.91. The second kappa shape index (κ2) is 8.05. The quantitative estimate of drug-likeness (QED) is 0.260. The number of nitrogens with zero attached hydrogens (tertiary/aromatic N) is 5. The van der Waals surface area contributed by atoms with Gasteiger partial charge in [-0.2, -0.15) is 10.2 Å². The van der Waals surface area contributed by atoms with Crippen molar-refractivity contribution in [3.05, 3.63) is 74.8 Å². The molecule has 10 heteroatoms. The van der Waals surface area contributed by atoms with E-state index in [1.165, 1.54) is 30.2 Å². The first-order valence-electron chi connectivity index (χ1n) is 8.12. The summed E-state index contributed by atoms with van der Waals surface area (Å²) in [7, 11) is 3.08. The van der Waals surface area contributed by atoms with Crippen LogP contribution in [0, 0.1) is 10.1 Å². The minimum Gasteiger partial charge on any atom is -0.496 e. The highest BCUT2D eigenvalue weighted by atomic mass is 35.5. The van der Waals surface area contributed by atoms with Crippen LogP contribution in [0.1, 0.15) is 21.6 Å². The van der Waals surface area contributed by atoms with E-state index in [4.69, 9.17) is 16.3 Å². The molecule has 2 heterocycles. The Morgan fingerprint density at radius 2 is 2.18 bits per heavy atom. The van der Waals surface area contributed by atoms with Crippen LogP contribution in [0.15, 0.2) is 42.9 Å². The van der Waals surface area contributed by atoms with Crippen molar-refractivity contribution in [3.63, 3.8) is 0 Å². The summed E-state index contributed by atoms with van der Waals surface area (Å²) in [6, 6.07) is 5.38. The zero-order valence-corrected chi connectivity index (χ0v) is 15.8. The maximum Gasteiger partial charge on any atom is 0.318 e. The third kappa shape index (κ3) is 4.26. The highest BCUT2D eigenvalue weighted by Crippen LogP contribution is 2.23. The van der Waals surface area contributed by atoms with Crippen LogP contribution < -0.4 is 4.74 Å². The number of ether oxygens (including phenoxy) is 1. The summed E-state index contributed by atoms with van der Waals surface area (Å²) in [6.07, 6.45) is 7.25. The number of allylic oxidation sites excluding steroid dienone is 1. The monoisotopic (exact) mass is 401 g/mol. The van der Waals surface area contributed by atoms with Crippen molar-refractivity contribution in [3.8, 4) is 5.75 Å². The summed E-state index contributed by atoms with van der Waals surface area (Å²) in [4.78, 5) is 22.8. The van der Waals surface area contributed by atoms with Gasteiger partial charge in [0.2, 0.25) is 11.5 Å². The SMILES string of the molecule is COc1ccc(/C=C/C(=O)c2nn(C)cc2[N+](=O)[O-])cc1Cn1cc(Cl)cn1. The summed E-state index contributed by atoms with van der Waals surface area (Å²) in [6.45, 7) is 0.428. The lowest BCUT2D eigenvalue weighted by Gasteiger charge is -2.09. The van der Waals surface area contributed by atoms with Crippen molar-refractivity contribution in [2.75, 3.05) is 7.11 Å². The second-order valence-corrected chi connectivity index (χ2v) is 6.36. The molecule has 0 aliphatic rings. The average molecular weight is 402 g/mol. The van der Waals surface area contributed by atoms with Crippen molar-refractivity contribution >= 4 is 29.1 Å². The van der Waals surface area contributed by atoms with Gasteiger partial charge in [-0.3, -0.25) is 24.3 Å². The molecule has 0 saturated heterocycles. The smallest absolute Gasteiger partial charge is 0.318 e. The summed E-state index contributed by atoms with van der Waals surface area (Å²) in [5.74, 6) is 0.110. The van der Waals surface area contributed by atoms with E-state index in [9.17, 15) is 14.9 Å². The Morgan fingerprint density at radius 1 is 1.39 bits per heavy atom. The molecule has 0 saturated carbocycles. The Labute approximate surface area is 164 Å². The van der Waals surface area contributed by atoms with Crippen LogP contribution in [0.2, 0.25) is 5.02 Å². The normalized spacial score (nSPS) is 11.1. The van der Waals surface area contributed by atoms with Crippen LogP contribution >= 0.6 is 11.6 Å². The lowest BCUT2D eigenvalue weighted by atomic mass is 10.1. The van der Waals surface area contributed by atoms with Gasteiger partial charge in [0.25, 0.3) is 0 Å². The number of aryl methyl sites for hydroxylation is 1. The molecule has 28 heavy (non-hydrogen) atoms. The zero-order chi connectivity index (χ0) is 20.3. The molecule has 0 aliphatic heterocycles. The van der Waals surface area contributed by atoms with Gasteiger partial charge < -0.3 is 4.74 Å². The van der Waals surface area contributed by atoms with Crippen LogP contribution in [0.3, 0.4) is 0 Å². The van der Waals surface area contributed by atoms with E-state index in [0.717, 1.165) is 11.1 Å². The number of halogens is 1. The van der Waals surface area contributed by atoms with Gasteiger partial charge in [0.1, 0.15) is 11.9 Å². The van der Waals surface area contributed by atoms with Crippen LogP contribution in [-0.4, -0.2) is 37.4 Å². The van der Waals surface area contributed by atoms with Gasteiger partial charge >= 0.3 is 5.69 Å². The fourth-order valence-electron chi connectivity index (χ4n) is 2.66. The van der Waals surface area contributed by atoms with Gasteiger partial charge in [-0.1, -0.05) is 23.7 Å². The van der Waals surface area contributed by atoms with Crippen molar-refractivity contribution in [2.45, 2.75) is 6.54 Å². The van der Waals surface area contributed by atoms with Crippen LogP contribution in [0.4, 0.5) is 5.69 Å². The molecule has 0 unspecified atom stereocenters. The maximum atomic E-state index is 12.3. The number of hydrogen-bond donors (Lipinski definition) is 0. The number of carbonyl (C=O) groups is 1. The molecule has 0 bridgehead atoms. The predicted molar refractivity (Wildman–Crippen MR) is 103 cm³/mol. The molecule has 0 radical (unpaired) electrons. The molecule has 144 valence electrons. The summed E-state index contributed by atoms with van der Waals surface area (Å²) >= 11 is 5.89. The Bertz CT molecular complexity index is 1070. The molecule has 0 aliphatic carbocycles. The number of benzene rings is 1. The number of methoxy groups -OCH3 is 1. The van der Waals surface area contributed by atoms with Crippen LogP contribution in [0.5, 0.6) is 5.75 Å². The number of carbonyl (C=O) groups excluding carboxylic acids is 1. The van der Waals surface area contributed by atoms with E-state index in [-0.39, 0.29) is 11.4 Å². The van der Waals surface area contributed by atoms with Gasteiger partial charge in [-0.25, -0.2) is 0 Å². The minimum atomic E-state index is -0.630. The largest absolute Gasteiger partial charge is 0.496 e. The van der Waals surface area contributed by atoms with E-state index in [2.05, 4.69) is 10.2 Å². The van der Waals surface area contributed by atoms with Crippen molar-refractivity contribution < 1.29 is 14.5 Å². The van der Waals surface area contributed by atoms with E-state index in [1.54, 1.807) is 36.2 Å². The van der Waals surface area contributed by atoms with Crippen molar-refractivity contribution in [2.24, 2.45) is 7.05 Å². The molecule has 9 nitrogen and oxygen atoms in total. The molecular weight excluding hydrogens is 386 g/mol. The summed E-state index contributed by atoms with van der Waals surface area (Å²) in [5, 5.41) is 19.6. The van der Waals surface area contributed by atoms with Gasteiger partial charge in [-0.15, -0.1) is 0 Å². The van der Waals surface area contributed by atoms with Gasteiger partial charge in [0, 0.05) is 18.8 Å². The lowest BCUT2D eigenvalue weighted by molar-refractivity contribution is -0.385. The van der Waals surface area contributed by atoms with E-state index in [0.29, 0.717) is 17.3 Å². The first-order chi connectivity index (χ1) is 13.4. The first-order valence-corrected chi connectivity index (χ1v) is 8.50. The molecule has 0 spiro atoms. The van der Waals surface area contributed by atoms with Crippen LogP contribution in [0.25, 0.3) is 6.08 Å². The summed E-state index contributed by atoms with van der Waals surface area (Å²) < 4.78 is 8.27. The fourth-order valence-corrected chi connectivity index (χ4v) is 2.82. The Morgan fingerprint density at radius 3 is 2.82 bits per heavy atom.